The second kappa shape index (κ2) is 8.90. The summed E-state index contributed by atoms with van der Waals surface area (Å²) in [5.41, 5.74) is 2.36. The molecular formula is C24H30N2O3S. The van der Waals surface area contributed by atoms with E-state index in [9.17, 15) is 13.2 Å². The van der Waals surface area contributed by atoms with E-state index < -0.39 is 16.1 Å². The standard InChI is InChI=1S/C24H30N2O3S/c1-19-9-11-22(12-10-19)30(28,29)26-15-5-8-23(26)24(27)25-16-13-21(14-17-25)18-20-6-3-2-4-7-20/h2-4,6-7,9-12,21,23H,5,8,13-18H2,1H3/t23-/m1/s1. The molecule has 0 unspecified atom stereocenters. The largest absolute Gasteiger partial charge is 0.341 e. The summed E-state index contributed by atoms with van der Waals surface area (Å²) in [4.78, 5) is 15.4. The maximum absolute atomic E-state index is 13.2. The van der Waals surface area contributed by atoms with Gasteiger partial charge in [-0.15, -0.1) is 0 Å². The molecule has 0 radical (unpaired) electrons. The van der Waals surface area contributed by atoms with Gasteiger partial charge in [0.25, 0.3) is 0 Å². The maximum Gasteiger partial charge on any atom is 0.243 e. The molecule has 2 aromatic rings. The molecule has 30 heavy (non-hydrogen) atoms. The molecule has 2 heterocycles. The zero-order valence-electron chi connectivity index (χ0n) is 17.5. The third-order valence-corrected chi connectivity index (χ3v) is 8.33. The third kappa shape index (κ3) is 4.44. The first-order valence-electron chi connectivity index (χ1n) is 10.9. The van der Waals surface area contributed by atoms with Crippen molar-refractivity contribution in [2.45, 2.75) is 50.0 Å². The maximum atomic E-state index is 13.2. The summed E-state index contributed by atoms with van der Waals surface area (Å²) in [6.07, 6.45) is 4.32. The highest BCUT2D eigenvalue weighted by atomic mass is 32.2. The Morgan fingerprint density at radius 3 is 2.27 bits per heavy atom. The molecule has 2 aromatic carbocycles. The van der Waals surface area contributed by atoms with E-state index in [2.05, 4.69) is 24.3 Å². The molecule has 0 saturated carbocycles. The quantitative estimate of drug-likeness (QED) is 0.734. The van der Waals surface area contributed by atoms with Gasteiger partial charge in [0.15, 0.2) is 0 Å². The molecule has 0 N–H and O–H groups in total. The zero-order valence-corrected chi connectivity index (χ0v) is 18.4. The third-order valence-electron chi connectivity index (χ3n) is 6.41. The van der Waals surface area contributed by atoms with Gasteiger partial charge in [-0.25, -0.2) is 8.42 Å². The van der Waals surface area contributed by atoms with Crippen molar-refractivity contribution in [2.75, 3.05) is 19.6 Å². The van der Waals surface area contributed by atoms with Gasteiger partial charge in [-0.1, -0.05) is 48.0 Å². The molecule has 0 aliphatic carbocycles. The Hall–Kier alpha value is -2.18. The zero-order chi connectivity index (χ0) is 21.1. The molecule has 6 heteroatoms. The van der Waals surface area contributed by atoms with Gasteiger partial charge in [0, 0.05) is 19.6 Å². The number of amides is 1. The second-order valence-electron chi connectivity index (χ2n) is 8.55. The highest BCUT2D eigenvalue weighted by Crippen LogP contribution is 2.29. The van der Waals surface area contributed by atoms with Crippen molar-refractivity contribution in [3.63, 3.8) is 0 Å². The highest BCUT2D eigenvalue weighted by Gasteiger charge is 2.41. The Kier molecular flexibility index (Phi) is 6.25. The van der Waals surface area contributed by atoms with Crippen LogP contribution in [-0.2, 0) is 21.2 Å². The lowest BCUT2D eigenvalue weighted by Gasteiger charge is -2.35. The number of nitrogens with zero attached hydrogens (tertiary/aromatic N) is 2. The number of rotatable bonds is 5. The van der Waals surface area contributed by atoms with Crippen LogP contribution in [0.2, 0.25) is 0 Å². The number of benzene rings is 2. The summed E-state index contributed by atoms with van der Waals surface area (Å²) >= 11 is 0. The van der Waals surface area contributed by atoms with Crippen LogP contribution in [0.4, 0.5) is 0 Å². The van der Waals surface area contributed by atoms with Crippen LogP contribution in [0.3, 0.4) is 0 Å². The fraction of sp³-hybridized carbons (Fsp3) is 0.458. The van der Waals surface area contributed by atoms with Crippen molar-refractivity contribution in [1.29, 1.82) is 0 Å². The molecule has 2 aliphatic heterocycles. The first-order chi connectivity index (χ1) is 14.4. The van der Waals surface area contributed by atoms with E-state index in [0.717, 1.165) is 31.2 Å². The predicted octanol–water partition coefficient (Wildman–Crippen LogP) is 3.63. The van der Waals surface area contributed by atoms with E-state index in [-0.39, 0.29) is 10.8 Å². The van der Waals surface area contributed by atoms with E-state index in [0.29, 0.717) is 32.0 Å². The molecule has 4 rings (SSSR count). The number of aryl methyl sites for hydroxylation is 1. The average Bonchev–Trinajstić information content (AvgIpc) is 3.26. The minimum Gasteiger partial charge on any atom is -0.341 e. The van der Waals surface area contributed by atoms with Crippen molar-refractivity contribution in [3.05, 3.63) is 65.7 Å². The average molecular weight is 427 g/mol. The van der Waals surface area contributed by atoms with Crippen molar-refractivity contribution in [3.8, 4) is 0 Å². The summed E-state index contributed by atoms with van der Waals surface area (Å²) < 4.78 is 27.7. The fourth-order valence-electron chi connectivity index (χ4n) is 4.64. The van der Waals surface area contributed by atoms with Gasteiger partial charge in [0.2, 0.25) is 15.9 Å². The number of hydrogen-bond donors (Lipinski definition) is 0. The van der Waals surface area contributed by atoms with Gasteiger partial charge in [0.05, 0.1) is 4.90 Å². The van der Waals surface area contributed by atoms with Crippen LogP contribution in [0, 0.1) is 12.8 Å². The lowest BCUT2D eigenvalue weighted by molar-refractivity contribution is -0.136. The van der Waals surface area contributed by atoms with E-state index >= 15 is 0 Å². The summed E-state index contributed by atoms with van der Waals surface area (Å²) in [6.45, 7) is 3.77. The summed E-state index contributed by atoms with van der Waals surface area (Å²) in [6, 6.07) is 16.8. The monoisotopic (exact) mass is 426 g/mol. The number of piperidine rings is 1. The Morgan fingerprint density at radius 1 is 0.933 bits per heavy atom. The van der Waals surface area contributed by atoms with Gasteiger partial charge in [-0.2, -0.15) is 4.31 Å². The molecule has 5 nitrogen and oxygen atoms in total. The van der Waals surface area contributed by atoms with Gasteiger partial charge in [-0.05, 0) is 62.6 Å². The Bertz CT molecular complexity index is 965. The number of carbonyl (C=O) groups is 1. The number of likely N-dealkylation sites (tertiary alicyclic amines) is 1. The number of hydrogen-bond acceptors (Lipinski definition) is 3. The van der Waals surface area contributed by atoms with Crippen LogP contribution in [-0.4, -0.2) is 49.2 Å². The van der Waals surface area contributed by atoms with Gasteiger partial charge in [0.1, 0.15) is 6.04 Å². The Balaban J connectivity index is 1.40. The molecule has 0 spiro atoms. The molecule has 2 fully saturated rings. The lowest BCUT2D eigenvalue weighted by atomic mass is 9.90. The highest BCUT2D eigenvalue weighted by molar-refractivity contribution is 7.89. The van der Waals surface area contributed by atoms with Crippen LogP contribution >= 0.6 is 0 Å². The summed E-state index contributed by atoms with van der Waals surface area (Å²) in [5, 5.41) is 0. The van der Waals surface area contributed by atoms with Crippen molar-refractivity contribution in [1.82, 2.24) is 9.21 Å². The smallest absolute Gasteiger partial charge is 0.243 e. The van der Waals surface area contributed by atoms with Crippen LogP contribution in [0.5, 0.6) is 0 Å². The van der Waals surface area contributed by atoms with Gasteiger partial charge >= 0.3 is 0 Å². The van der Waals surface area contributed by atoms with Crippen LogP contribution in [0.15, 0.2) is 59.5 Å². The second-order valence-corrected chi connectivity index (χ2v) is 10.4. The first-order valence-corrected chi connectivity index (χ1v) is 12.3. The fourth-order valence-corrected chi connectivity index (χ4v) is 6.29. The Morgan fingerprint density at radius 2 is 1.60 bits per heavy atom. The summed E-state index contributed by atoms with van der Waals surface area (Å²) in [5.74, 6) is 0.550. The molecule has 1 atom stereocenters. The molecule has 0 bridgehead atoms. The SMILES string of the molecule is Cc1ccc(S(=O)(=O)N2CCC[C@@H]2C(=O)N2CCC(Cc3ccccc3)CC2)cc1. The van der Waals surface area contributed by atoms with Crippen LogP contribution in [0.1, 0.15) is 36.8 Å². The van der Waals surface area contributed by atoms with E-state index in [1.54, 1.807) is 24.3 Å². The molecule has 0 aromatic heterocycles. The van der Waals surface area contributed by atoms with Crippen LogP contribution in [0.25, 0.3) is 0 Å². The Labute approximate surface area is 179 Å². The number of carbonyl (C=O) groups excluding carboxylic acids is 1. The summed E-state index contributed by atoms with van der Waals surface area (Å²) in [7, 11) is -3.65. The van der Waals surface area contributed by atoms with Crippen LogP contribution < -0.4 is 0 Å². The molecular weight excluding hydrogens is 396 g/mol. The van der Waals surface area contributed by atoms with Crippen molar-refractivity contribution in [2.24, 2.45) is 5.92 Å². The topological polar surface area (TPSA) is 57.7 Å². The van der Waals surface area contributed by atoms with Crippen molar-refractivity contribution >= 4 is 15.9 Å². The van der Waals surface area contributed by atoms with Gasteiger partial charge in [-0.3, -0.25) is 4.79 Å². The first kappa shape index (κ1) is 21.1. The molecule has 2 aliphatic rings. The van der Waals surface area contributed by atoms with Crippen molar-refractivity contribution < 1.29 is 13.2 Å². The molecule has 1 amide bonds. The van der Waals surface area contributed by atoms with Gasteiger partial charge < -0.3 is 4.90 Å². The van der Waals surface area contributed by atoms with E-state index in [1.165, 1.54) is 9.87 Å². The molecule has 160 valence electrons. The number of sulfonamides is 1. The minimum absolute atomic E-state index is 0.0265. The van der Waals surface area contributed by atoms with E-state index in [4.69, 9.17) is 0 Å². The minimum atomic E-state index is -3.65. The molecule has 2 saturated heterocycles. The lowest BCUT2D eigenvalue weighted by Crippen LogP contribution is -2.50. The normalized spacial score (nSPS) is 21.1. The van der Waals surface area contributed by atoms with E-state index in [1.807, 2.05) is 17.9 Å². The predicted molar refractivity (Wildman–Crippen MR) is 118 cm³/mol.